The molecule has 1 saturated carbocycles. The van der Waals surface area contributed by atoms with E-state index >= 15 is 0 Å². The number of aromatic nitrogens is 3. The number of carbonyl (C=O) groups excluding carboxylic acids is 2. The summed E-state index contributed by atoms with van der Waals surface area (Å²) in [5.74, 6) is 2.91. The van der Waals surface area contributed by atoms with E-state index in [4.69, 9.17) is 20.6 Å². The second-order valence-electron chi connectivity index (χ2n) is 9.14. The predicted octanol–water partition coefficient (Wildman–Crippen LogP) is 3.58. The van der Waals surface area contributed by atoms with Crippen molar-refractivity contribution in [3.63, 3.8) is 0 Å². The summed E-state index contributed by atoms with van der Waals surface area (Å²) in [6, 6.07) is 5.36. The molecule has 2 amide bonds. The Kier molecular flexibility index (Phi) is 8.25. The minimum atomic E-state index is -0.659. The first-order chi connectivity index (χ1) is 16.6. The van der Waals surface area contributed by atoms with Gasteiger partial charge in [0.15, 0.2) is 6.79 Å². The smallest absolute Gasteiger partial charge is 0.410 e. The maximum atomic E-state index is 12.5. The second-order valence-corrected chi connectivity index (χ2v) is 9.14. The average molecular weight is 482 g/mol. The van der Waals surface area contributed by atoms with Gasteiger partial charge in [-0.3, -0.25) is 10.1 Å². The summed E-state index contributed by atoms with van der Waals surface area (Å²) in [5, 5.41) is 11.1. The summed E-state index contributed by atoms with van der Waals surface area (Å²) in [5.41, 5.74) is 1.96. The van der Waals surface area contributed by atoms with Gasteiger partial charge in [0.2, 0.25) is 11.9 Å². The van der Waals surface area contributed by atoms with Crippen LogP contribution in [0, 0.1) is 12.3 Å². The maximum absolute atomic E-state index is 12.5. The highest BCUT2D eigenvalue weighted by atomic mass is 16.7. The molecule has 1 fully saturated rings. The highest BCUT2D eigenvalue weighted by Gasteiger charge is 2.31. The Balaban J connectivity index is 1.80. The summed E-state index contributed by atoms with van der Waals surface area (Å²) < 4.78 is 16.4. The van der Waals surface area contributed by atoms with E-state index < -0.39 is 17.6 Å². The SMILES string of the molecule is C#Cc1ccc(-c2nnc(NC(=O)CN(C)C(=O)OC(C)(C)C)nc2C2CC2)c(OCOCC)c1. The normalized spacial score (nSPS) is 13.0. The Hall–Kier alpha value is -3.71. The second kappa shape index (κ2) is 11.1. The highest BCUT2D eigenvalue weighted by molar-refractivity contribution is 5.92. The lowest BCUT2D eigenvalue weighted by Gasteiger charge is -2.24. The standard InChI is InChI=1S/C25H31N5O5/c1-7-16-9-12-18(19(13-16)34-15-33-8-2)22-21(17-10-11-17)27-23(29-28-22)26-20(31)14-30(6)24(32)35-25(3,4)5/h1,9,12-13,17H,8,10-11,14-15H2,2-6H3,(H,26,27,29,31). The first-order valence-electron chi connectivity index (χ1n) is 11.4. The van der Waals surface area contributed by atoms with E-state index in [9.17, 15) is 9.59 Å². The Morgan fingerprint density at radius 2 is 2.00 bits per heavy atom. The molecular weight excluding hydrogens is 450 g/mol. The van der Waals surface area contributed by atoms with Gasteiger partial charge in [-0.25, -0.2) is 9.78 Å². The number of benzene rings is 1. The van der Waals surface area contributed by atoms with E-state index in [0.717, 1.165) is 12.8 Å². The third kappa shape index (κ3) is 7.39. The fourth-order valence-corrected chi connectivity index (χ4v) is 3.12. The van der Waals surface area contributed by atoms with Crippen LogP contribution in [0.5, 0.6) is 5.75 Å². The van der Waals surface area contributed by atoms with E-state index in [0.29, 0.717) is 34.9 Å². The van der Waals surface area contributed by atoms with Crippen molar-refractivity contribution in [2.75, 3.05) is 32.3 Å². The van der Waals surface area contributed by atoms with Crippen LogP contribution in [0.4, 0.5) is 10.7 Å². The fourth-order valence-electron chi connectivity index (χ4n) is 3.12. The van der Waals surface area contributed by atoms with Crippen LogP contribution < -0.4 is 10.1 Å². The number of carbonyl (C=O) groups is 2. The quantitative estimate of drug-likeness (QED) is 0.328. The molecule has 3 rings (SSSR count). The molecule has 0 spiro atoms. The number of hydrogen-bond donors (Lipinski definition) is 1. The van der Waals surface area contributed by atoms with Crippen LogP contribution >= 0.6 is 0 Å². The zero-order chi connectivity index (χ0) is 25.6. The lowest BCUT2D eigenvalue weighted by atomic mass is 10.0. The summed E-state index contributed by atoms with van der Waals surface area (Å²) in [7, 11) is 1.48. The number of anilines is 1. The van der Waals surface area contributed by atoms with Gasteiger partial charge in [0, 0.05) is 30.7 Å². The maximum Gasteiger partial charge on any atom is 0.410 e. The minimum Gasteiger partial charge on any atom is -0.467 e. The van der Waals surface area contributed by atoms with E-state index in [-0.39, 0.29) is 25.2 Å². The number of likely N-dealkylation sites (N-methyl/N-ethyl adjacent to an activating group) is 1. The topological polar surface area (TPSA) is 116 Å². The molecule has 2 aromatic rings. The van der Waals surface area contributed by atoms with Crippen molar-refractivity contribution in [2.24, 2.45) is 0 Å². The average Bonchev–Trinajstić information content (AvgIpc) is 3.63. The van der Waals surface area contributed by atoms with Gasteiger partial charge in [-0.2, -0.15) is 0 Å². The lowest BCUT2D eigenvalue weighted by Crippen LogP contribution is -2.39. The first-order valence-corrected chi connectivity index (χ1v) is 11.4. The van der Waals surface area contributed by atoms with Gasteiger partial charge in [0.1, 0.15) is 23.6 Å². The van der Waals surface area contributed by atoms with Crippen molar-refractivity contribution in [1.29, 1.82) is 0 Å². The van der Waals surface area contributed by atoms with Crippen molar-refractivity contribution >= 4 is 17.9 Å². The summed E-state index contributed by atoms with van der Waals surface area (Å²) in [4.78, 5) is 30.4. The van der Waals surface area contributed by atoms with Crippen LogP contribution in [0.1, 0.15) is 57.7 Å². The molecule has 186 valence electrons. The van der Waals surface area contributed by atoms with E-state index in [1.54, 1.807) is 32.9 Å². The van der Waals surface area contributed by atoms with Gasteiger partial charge in [0.25, 0.3) is 0 Å². The summed E-state index contributed by atoms with van der Waals surface area (Å²) >= 11 is 0. The van der Waals surface area contributed by atoms with Crippen molar-refractivity contribution in [1.82, 2.24) is 20.1 Å². The number of amides is 2. The summed E-state index contributed by atoms with van der Waals surface area (Å²) in [6.07, 6.45) is 6.86. The third-order valence-corrected chi connectivity index (χ3v) is 4.92. The first kappa shape index (κ1) is 25.9. The molecule has 10 nitrogen and oxygen atoms in total. The Labute approximate surface area is 205 Å². The third-order valence-electron chi connectivity index (χ3n) is 4.92. The molecule has 0 atom stereocenters. The zero-order valence-electron chi connectivity index (χ0n) is 20.8. The van der Waals surface area contributed by atoms with Crippen molar-refractivity contribution < 1.29 is 23.8 Å². The summed E-state index contributed by atoms with van der Waals surface area (Å²) in [6.45, 7) is 7.50. The number of hydrogen-bond acceptors (Lipinski definition) is 8. The van der Waals surface area contributed by atoms with Crippen LogP contribution in [-0.2, 0) is 14.3 Å². The number of terminal acetylenes is 1. The monoisotopic (exact) mass is 481 g/mol. The molecule has 0 radical (unpaired) electrons. The number of rotatable bonds is 9. The molecule has 35 heavy (non-hydrogen) atoms. The van der Waals surface area contributed by atoms with Crippen molar-refractivity contribution in [3.05, 3.63) is 29.5 Å². The molecule has 10 heteroatoms. The van der Waals surface area contributed by atoms with Gasteiger partial charge in [-0.15, -0.1) is 16.6 Å². The van der Waals surface area contributed by atoms with Crippen LogP contribution in [-0.4, -0.2) is 64.7 Å². The molecule has 0 saturated heterocycles. The molecule has 1 aliphatic rings. The number of nitrogens with one attached hydrogen (secondary N) is 1. The van der Waals surface area contributed by atoms with E-state index in [1.807, 2.05) is 13.0 Å². The van der Waals surface area contributed by atoms with Gasteiger partial charge in [-0.05, 0) is 58.7 Å². The minimum absolute atomic E-state index is 0.0651. The van der Waals surface area contributed by atoms with Gasteiger partial charge >= 0.3 is 6.09 Å². The molecule has 1 aromatic heterocycles. The largest absolute Gasteiger partial charge is 0.467 e. The molecular formula is C25H31N5O5. The van der Waals surface area contributed by atoms with Gasteiger partial charge < -0.3 is 19.1 Å². The molecule has 1 aromatic carbocycles. The van der Waals surface area contributed by atoms with E-state index in [2.05, 4.69) is 26.4 Å². The predicted molar refractivity (Wildman–Crippen MR) is 130 cm³/mol. The lowest BCUT2D eigenvalue weighted by molar-refractivity contribution is -0.117. The molecule has 0 bridgehead atoms. The number of nitrogens with zero attached hydrogens (tertiary/aromatic N) is 4. The molecule has 1 aliphatic carbocycles. The zero-order valence-corrected chi connectivity index (χ0v) is 20.8. The molecule has 0 aliphatic heterocycles. The van der Waals surface area contributed by atoms with Crippen molar-refractivity contribution in [2.45, 2.75) is 52.1 Å². The van der Waals surface area contributed by atoms with Crippen LogP contribution in [0.25, 0.3) is 11.3 Å². The van der Waals surface area contributed by atoms with E-state index in [1.165, 1.54) is 11.9 Å². The number of ether oxygens (including phenoxy) is 3. The van der Waals surface area contributed by atoms with Crippen LogP contribution in [0.15, 0.2) is 18.2 Å². The highest BCUT2D eigenvalue weighted by Crippen LogP contribution is 2.44. The van der Waals surface area contributed by atoms with Gasteiger partial charge in [0.05, 0.1) is 5.69 Å². The Bertz CT molecular complexity index is 1120. The van der Waals surface area contributed by atoms with Crippen LogP contribution in [0.3, 0.4) is 0 Å². The van der Waals surface area contributed by atoms with Gasteiger partial charge in [-0.1, -0.05) is 5.92 Å². The molecule has 1 heterocycles. The van der Waals surface area contributed by atoms with Crippen LogP contribution in [0.2, 0.25) is 0 Å². The van der Waals surface area contributed by atoms with Crippen molar-refractivity contribution in [3.8, 4) is 29.4 Å². The Morgan fingerprint density at radius 1 is 1.26 bits per heavy atom. The fraction of sp³-hybridized carbons (Fsp3) is 0.480. The Morgan fingerprint density at radius 3 is 2.63 bits per heavy atom. The molecule has 0 unspecified atom stereocenters. The molecule has 1 N–H and O–H groups in total.